The predicted octanol–water partition coefficient (Wildman–Crippen LogP) is 3.17. The van der Waals surface area contributed by atoms with Crippen molar-refractivity contribution in [2.45, 2.75) is 16.7 Å². The van der Waals surface area contributed by atoms with Gasteiger partial charge in [-0.3, -0.25) is 4.98 Å². The van der Waals surface area contributed by atoms with Gasteiger partial charge in [-0.15, -0.1) is 11.3 Å². The van der Waals surface area contributed by atoms with E-state index in [1.807, 2.05) is 48.7 Å². The van der Waals surface area contributed by atoms with E-state index in [1.165, 1.54) is 0 Å². The summed E-state index contributed by atoms with van der Waals surface area (Å²) in [7, 11) is -3.74. The molecule has 144 valence electrons. The van der Waals surface area contributed by atoms with Gasteiger partial charge in [-0.25, -0.2) is 13.1 Å². The molecule has 3 N–H and O–H groups in total. The first-order valence-electron chi connectivity index (χ1n) is 8.76. The second-order valence-electron chi connectivity index (χ2n) is 6.40. The molecule has 0 amide bonds. The molecule has 3 aromatic heterocycles. The number of sulfonamides is 1. The van der Waals surface area contributed by atoms with Crippen LogP contribution in [-0.4, -0.2) is 36.1 Å². The van der Waals surface area contributed by atoms with E-state index in [0.717, 1.165) is 38.4 Å². The minimum absolute atomic E-state index is 0.200. The smallest absolute Gasteiger partial charge is 0.250 e. The standard InChI is InChI=1S/C20H19N3O3S2/c24-13-15(11-14-12-22-17-6-2-1-5-16(14)17)23-28(25,26)20-9-8-19(27-20)18-7-3-4-10-21-18/h1-10,12,15,22-24H,11,13H2/t15-/m1/s1. The van der Waals surface area contributed by atoms with Crippen LogP contribution in [0.25, 0.3) is 21.5 Å². The van der Waals surface area contributed by atoms with E-state index >= 15 is 0 Å². The summed E-state index contributed by atoms with van der Waals surface area (Å²) >= 11 is 1.16. The molecule has 8 heteroatoms. The van der Waals surface area contributed by atoms with Crippen molar-refractivity contribution < 1.29 is 13.5 Å². The van der Waals surface area contributed by atoms with Crippen LogP contribution in [0.3, 0.4) is 0 Å². The van der Waals surface area contributed by atoms with E-state index in [2.05, 4.69) is 14.7 Å². The minimum Gasteiger partial charge on any atom is -0.395 e. The Hall–Kier alpha value is -2.52. The van der Waals surface area contributed by atoms with Crippen molar-refractivity contribution in [2.24, 2.45) is 0 Å². The number of rotatable bonds is 7. The fraction of sp³-hybridized carbons (Fsp3) is 0.150. The van der Waals surface area contributed by atoms with Crippen molar-refractivity contribution in [3.05, 3.63) is 72.6 Å². The number of benzene rings is 1. The lowest BCUT2D eigenvalue weighted by molar-refractivity contribution is 0.256. The average molecular weight is 414 g/mol. The molecule has 6 nitrogen and oxygen atoms in total. The van der Waals surface area contributed by atoms with Gasteiger partial charge in [0.2, 0.25) is 10.0 Å². The largest absolute Gasteiger partial charge is 0.395 e. The van der Waals surface area contributed by atoms with Gasteiger partial charge < -0.3 is 10.1 Å². The van der Waals surface area contributed by atoms with E-state index in [1.54, 1.807) is 18.3 Å². The first kappa shape index (κ1) is 18.8. The van der Waals surface area contributed by atoms with Crippen LogP contribution in [0.2, 0.25) is 0 Å². The Kier molecular flexibility index (Phi) is 5.27. The number of fused-ring (bicyclic) bond motifs is 1. The molecule has 3 heterocycles. The number of nitrogens with one attached hydrogen (secondary N) is 2. The van der Waals surface area contributed by atoms with Crippen LogP contribution < -0.4 is 4.72 Å². The number of H-pyrrole nitrogens is 1. The molecule has 1 atom stereocenters. The molecule has 0 bridgehead atoms. The maximum atomic E-state index is 12.8. The molecular formula is C20H19N3O3S2. The molecule has 28 heavy (non-hydrogen) atoms. The lowest BCUT2D eigenvalue weighted by Crippen LogP contribution is -2.38. The third kappa shape index (κ3) is 3.85. The second kappa shape index (κ2) is 7.84. The zero-order valence-electron chi connectivity index (χ0n) is 14.9. The van der Waals surface area contributed by atoms with Crippen molar-refractivity contribution in [2.75, 3.05) is 6.61 Å². The van der Waals surface area contributed by atoms with Crippen LogP contribution in [-0.2, 0) is 16.4 Å². The third-order valence-electron chi connectivity index (χ3n) is 4.45. The molecule has 0 unspecified atom stereocenters. The highest BCUT2D eigenvalue weighted by atomic mass is 32.2. The highest BCUT2D eigenvalue weighted by molar-refractivity contribution is 7.91. The predicted molar refractivity (Wildman–Crippen MR) is 111 cm³/mol. The van der Waals surface area contributed by atoms with Crippen LogP contribution in [0, 0.1) is 0 Å². The maximum absolute atomic E-state index is 12.8. The van der Waals surface area contributed by atoms with Gasteiger partial charge in [-0.1, -0.05) is 24.3 Å². The van der Waals surface area contributed by atoms with Crippen molar-refractivity contribution in [3.8, 4) is 10.6 Å². The van der Waals surface area contributed by atoms with Crippen molar-refractivity contribution in [3.63, 3.8) is 0 Å². The summed E-state index contributed by atoms with van der Waals surface area (Å²) < 4.78 is 28.4. The summed E-state index contributed by atoms with van der Waals surface area (Å²) in [5.41, 5.74) is 2.67. The molecule has 4 aromatic rings. The number of nitrogens with zero attached hydrogens (tertiary/aromatic N) is 1. The third-order valence-corrected chi connectivity index (χ3v) is 7.57. The highest BCUT2D eigenvalue weighted by Crippen LogP contribution is 2.29. The zero-order valence-corrected chi connectivity index (χ0v) is 16.5. The Morgan fingerprint density at radius 2 is 1.93 bits per heavy atom. The van der Waals surface area contributed by atoms with E-state index in [-0.39, 0.29) is 10.8 Å². The quantitative estimate of drug-likeness (QED) is 0.434. The Balaban J connectivity index is 1.53. The molecule has 0 saturated carbocycles. The summed E-state index contributed by atoms with van der Waals surface area (Å²) in [5, 5.41) is 10.8. The molecule has 0 fully saturated rings. The Morgan fingerprint density at radius 3 is 2.71 bits per heavy atom. The maximum Gasteiger partial charge on any atom is 0.250 e. The number of aliphatic hydroxyl groups excluding tert-OH is 1. The molecule has 1 aromatic carbocycles. The Morgan fingerprint density at radius 1 is 1.11 bits per heavy atom. The number of hydrogen-bond donors (Lipinski definition) is 3. The number of aliphatic hydroxyl groups is 1. The lowest BCUT2D eigenvalue weighted by Gasteiger charge is -2.15. The molecule has 0 radical (unpaired) electrons. The van der Waals surface area contributed by atoms with Crippen LogP contribution in [0.5, 0.6) is 0 Å². The highest BCUT2D eigenvalue weighted by Gasteiger charge is 2.23. The number of aromatic amines is 1. The molecule has 4 rings (SSSR count). The molecule has 0 aliphatic rings. The molecule has 0 saturated heterocycles. The Labute approximate surface area is 166 Å². The van der Waals surface area contributed by atoms with E-state index in [0.29, 0.717) is 6.42 Å². The van der Waals surface area contributed by atoms with Gasteiger partial charge in [0.15, 0.2) is 0 Å². The molecule has 0 spiro atoms. The van der Waals surface area contributed by atoms with Crippen LogP contribution in [0.15, 0.2) is 71.2 Å². The lowest BCUT2D eigenvalue weighted by atomic mass is 10.1. The average Bonchev–Trinajstić information content (AvgIpc) is 3.36. The van der Waals surface area contributed by atoms with Crippen molar-refractivity contribution in [1.82, 2.24) is 14.7 Å². The number of pyridine rings is 1. The van der Waals surface area contributed by atoms with Crippen LogP contribution >= 0.6 is 11.3 Å². The van der Waals surface area contributed by atoms with Gasteiger partial charge in [0.05, 0.1) is 17.2 Å². The summed E-state index contributed by atoms with van der Waals surface area (Å²) in [6.45, 7) is -0.294. The topological polar surface area (TPSA) is 95.1 Å². The summed E-state index contributed by atoms with van der Waals surface area (Å²) in [6.07, 6.45) is 3.91. The van der Waals surface area contributed by atoms with Gasteiger partial charge in [-0.2, -0.15) is 0 Å². The number of para-hydroxylation sites is 1. The van der Waals surface area contributed by atoms with Crippen molar-refractivity contribution in [1.29, 1.82) is 0 Å². The SMILES string of the molecule is O=S(=O)(N[C@@H](CO)Cc1c[nH]c2ccccc12)c1ccc(-c2ccccn2)s1. The Bertz CT molecular complexity index is 1180. The second-order valence-corrected chi connectivity index (χ2v) is 9.42. The van der Waals surface area contributed by atoms with Crippen LogP contribution in [0.1, 0.15) is 5.56 Å². The van der Waals surface area contributed by atoms with Crippen molar-refractivity contribution >= 4 is 32.3 Å². The van der Waals surface area contributed by atoms with Gasteiger partial charge in [0, 0.05) is 29.3 Å². The normalized spacial score (nSPS) is 13.0. The first-order chi connectivity index (χ1) is 13.6. The summed E-state index contributed by atoms with van der Waals surface area (Å²) in [4.78, 5) is 8.20. The number of thiophene rings is 1. The summed E-state index contributed by atoms with van der Waals surface area (Å²) in [6, 6.07) is 16.0. The fourth-order valence-corrected chi connectivity index (χ4v) is 5.62. The number of hydrogen-bond acceptors (Lipinski definition) is 5. The molecular weight excluding hydrogens is 394 g/mol. The molecule has 0 aliphatic heterocycles. The monoisotopic (exact) mass is 413 g/mol. The van der Waals surface area contributed by atoms with E-state index in [4.69, 9.17) is 0 Å². The fourth-order valence-electron chi connectivity index (χ4n) is 3.10. The number of aromatic nitrogens is 2. The first-order valence-corrected chi connectivity index (χ1v) is 11.1. The zero-order chi connectivity index (χ0) is 19.6. The van der Waals surface area contributed by atoms with Gasteiger partial charge in [0.25, 0.3) is 0 Å². The van der Waals surface area contributed by atoms with Gasteiger partial charge in [0.1, 0.15) is 4.21 Å². The minimum atomic E-state index is -3.74. The van der Waals surface area contributed by atoms with Gasteiger partial charge >= 0.3 is 0 Å². The summed E-state index contributed by atoms with van der Waals surface area (Å²) in [5.74, 6) is 0. The van der Waals surface area contributed by atoms with E-state index < -0.39 is 16.1 Å². The van der Waals surface area contributed by atoms with Gasteiger partial charge in [-0.05, 0) is 42.3 Å². The van der Waals surface area contributed by atoms with Crippen LogP contribution in [0.4, 0.5) is 0 Å². The van der Waals surface area contributed by atoms with E-state index in [9.17, 15) is 13.5 Å². The molecule has 0 aliphatic carbocycles.